The van der Waals surface area contributed by atoms with Crippen LogP contribution in [0.15, 0.2) is 61.1 Å². The summed E-state index contributed by atoms with van der Waals surface area (Å²) >= 11 is 0. The van der Waals surface area contributed by atoms with Crippen LogP contribution in [-0.2, 0) is 0 Å². The summed E-state index contributed by atoms with van der Waals surface area (Å²) in [5.41, 5.74) is 5.54. The van der Waals surface area contributed by atoms with Gasteiger partial charge in [0, 0.05) is 30.0 Å². The molecule has 4 rings (SSSR count). The van der Waals surface area contributed by atoms with Crippen LogP contribution < -0.4 is 0 Å². The second-order valence-electron chi connectivity index (χ2n) is 5.47. The van der Waals surface area contributed by atoms with Gasteiger partial charge in [-0.15, -0.1) is 0 Å². The average molecular weight is 286 g/mol. The minimum Gasteiger partial charge on any atom is -0.361 e. The van der Waals surface area contributed by atoms with Crippen molar-refractivity contribution in [3.05, 3.63) is 79.1 Å². The second kappa shape index (κ2) is 5.26. The number of aromatic amines is 1. The molecule has 1 atom stereocenters. The second-order valence-corrected chi connectivity index (χ2v) is 5.47. The third kappa shape index (κ3) is 2.15. The summed E-state index contributed by atoms with van der Waals surface area (Å²) in [6, 6.07) is 14.9. The number of rotatable bonds is 3. The van der Waals surface area contributed by atoms with Crippen molar-refractivity contribution in [2.75, 3.05) is 0 Å². The standard InChI is InChI=1S/C19H16N3/c1-2-16(13-3-5-17-15(11-13)7-8-20-17)14-4-6-18-19(12-14)22-10-9-21-18/h3-12,16,20H,1-2H2. The van der Waals surface area contributed by atoms with Crippen molar-refractivity contribution in [3.63, 3.8) is 0 Å². The van der Waals surface area contributed by atoms with E-state index >= 15 is 0 Å². The number of aromatic nitrogens is 3. The first-order chi connectivity index (χ1) is 10.8. The maximum atomic E-state index is 4.41. The zero-order valence-electron chi connectivity index (χ0n) is 12.2. The number of nitrogens with zero attached hydrogens (tertiary/aromatic N) is 2. The summed E-state index contributed by atoms with van der Waals surface area (Å²) in [5.74, 6) is 0.269. The van der Waals surface area contributed by atoms with Gasteiger partial charge in [-0.25, -0.2) is 0 Å². The van der Waals surface area contributed by atoms with E-state index in [1.165, 1.54) is 16.5 Å². The predicted octanol–water partition coefficient (Wildman–Crippen LogP) is 4.47. The van der Waals surface area contributed by atoms with E-state index in [-0.39, 0.29) is 5.92 Å². The van der Waals surface area contributed by atoms with Crippen LogP contribution in [0.1, 0.15) is 23.5 Å². The average Bonchev–Trinajstić information content (AvgIpc) is 3.03. The van der Waals surface area contributed by atoms with Gasteiger partial charge in [-0.1, -0.05) is 19.1 Å². The van der Waals surface area contributed by atoms with E-state index in [1.54, 1.807) is 12.4 Å². The topological polar surface area (TPSA) is 41.6 Å². The molecule has 0 aliphatic rings. The highest BCUT2D eigenvalue weighted by atomic mass is 14.8. The molecule has 0 spiro atoms. The Balaban J connectivity index is 1.81. The number of hydrogen-bond acceptors (Lipinski definition) is 2. The Morgan fingerprint density at radius 3 is 2.55 bits per heavy atom. The van der Waals surface area contributed by atoms with Crippen molar-refractivity contribution in [2.45, 2.75) is 12.3 Å². The zero-order valence-corrected chi connectivity index (χ0v) is 12.2. The van der Waals surface area contributed by atoms with Crippen molar-refractivity contribution < 1.29 is 0 Å². The fourth-order valence-corrected chi connectivity index (χ4v) is 3.01. The van der Waals surface area contributed by atoms with Gasteiger partial charge >= 0.3 is 0 Å². The Morgan fingerprint density at radius 2 is 1.68 bits per heavy atom. The van der Waals surface area contributed by atoms with Gasteiger partial charge in [-0.2, -0.15) is 0 Å². The van der Waals surface area contributed by atoms with E-state index in [4.69, 9.17) is 0 Å². The lowest BCUT2D eigenvalue weighted by atomic mass is 9.88. The first kappa shape index (κ1) is 13.0. The molecule has 4 aromatic rings. The molecule has 2 aromatic heterocycles. The molecule has 0 amide bonds. The smallest absolute Gasteiger partial charge is 0.0889 e. The van der Waals surface area contributed by atoms with Crippen LogP contribution in [0.2, 0.25) is 0 Å². The van der Waals surface area contributed by atoms with E-state index < -0.39 is 0 Å². The molecule has 0 saturated carbocycles. The molecule has 0 aliphatic carbocycles. The Bertz CT molecular complexity index is 939. The molecule has 3 heteroatoms. The highest BCUT2D eigenvalue weighted by Gasteiger charge is 2.13. The minimum atomic E-state index is 0.269. The van der Waals surface area contributed by atoms with Crippen molar-refractivity contribution in [1.29, 1.82) is 0 Å². The summed E-state index contributed by atoms with van der Waals surface area (Å²) in [4.78, 5) is 12.0. The van der Waals surface area contributed by atoms with E-state index in [1.807, 2.05) is 12.3 Å². The highest BCUT2D eigenvalue weighted by Crippen LogP contribution is 2.31. The van der Waals surface area contributed by atoms with Crippen molar-refractivity contribution in [3.8, 4) is 0 Å². The van der Waals surface area contributed by atoms with Gasteiger partial charge in [-0.3, -0.25) is 9.97 Å². The number of benzene rings is 2. The van der Waals surface area contributed by atoms with Gasteiger partial charge in [-0.05, 0) is 53.3 Å². The van der Waals surface area contributed by atoms with E-state index in [0.717, 1.165) is 23.0 Å². The summed E-state index contributed by atoms with van der Waals surface area (Å²) in [6.07, 6.45) is 6.23. The molecule has 1 N–H and O–H groups in total. The fraction of sp³-hybridized carbons (Fsp3) is 0.105. The van der Waals surface area contributed by atoms with Gasteiger partial charge < -0.3 is 4.98 Å². The first-order valence-electron chi connectivity index (χ1n) is 7.42. The van der Waals surface area contributed by atoms with Crippen LogP contribution in [0, 0.1) is 6.92 Å². The number of H-pyrrole nitrogens is 1. The molecule has 0 saturated heterocycles. The molecule has 2 heterocycles. The Kier molecular flexibility index (Phi) is 3.11. The third-order valence-electron chi connectivity index (χ3n) is 4.16. The molecule has 2 aromatic carbocycles. The number of fused-ring (bicyclic) bond motifs is 2. The van der Waals surface area contributed by atoms with Gasteiger partial charge in [0.1, 0.15) is 0 Å². The van der Waals surface area contributed by atoms with Crippen LogP contribution in [0.3, 0.4) is 0 Å². The van der Waals surface area contributed by atoms with Crippen LogP contribution in [0.4, 0.5) is 0 Å². The third-order valence-corrected chi connectivity index (χ3v) is 4.16. The molecule has 1 unspecified atom stereocenters. The Labute approximate surface area is 129 Å². The molecule has 1 radical (unpaired) electrons. The zero-order chi connectivity index (χ0) is 14.9. The largest absolute Gasteiger partial charge is 0.361 e. The van der Waals surface area contributed by atoms with Gasteiger partial charge in [0.2, 0.25) is 0 Å². The lowest BCUT2D eigenvalue weighted by Gasteiger charge is -2.16. The molecular formula is C19H16N3. The van der Waals surface area contributed by atoms with Gasteiger partial charge in [0.05, 0.1) is 11.0 Å². The molecule has 0 fully saturated rings. The molecule has 0 bridgehead atoms. The SMILES string of the molecule is [CH2]CC(c1ccc2[nH]ccc2c1)c1ccc2nccnc2c1. The van der Waals surface area contributed by atoms with Crippen molar-refractivity contribution in [1.82, 2.24) is 15.0 Å². The van der Waals surface area contributed by atoms with Crippen LogP contribution in [0.5, 0.6) is 0 Å². The maximum Gasteiger partial charge on any atom is 0.0889 e. The first-order valence-corrected chi connectivity index (χ1v) is 7.42. The Morgan fingerprint density at radius 1 is 0.909 bits per heavy atom. The van der Waals surface area contributed by atoms with Crippen molar-refractivity contribution >= 4 is 21.9 Å². The van der Waals surface area contributed by atoms with Crippen LogP contribution >= 0.6 is 0 Å². The molecular weight excluding hydrogens is 270 g/mol. The number of hydrogen-bond donors (Lipinski definition) is 1. The van der Waals surface area contributed by atoms with Crippen molar-refractivity contribution in [2.24, 2.45) is 0 Å². The van der Waals surface area contributed by atoms with Gasteiger partial charge in [0.15, 0.2) is 0 Å². The lowest BCUT2D eigenvalue weighted by molar-refractivity contribution is 0.829. The normalized spacial score (nSPS) is 12.8. The van der Waals surface area contributed by atoms with E-state index in [0.29, 0.717) is 0 Å². The molecule has 3 nitrogen and oxygen atoms in total. The van der Waals surface area contributed by atoms with E-state index in [9.17, 15) is 0 Å². The lowest BCUT2D eigenvalue weighted by Crippen LogP contribution is -2.00. The predicted molar refractivity (Wildman–Crippen MR) is 89.7 cm³/mol. The quantitative estimate of drug-likeness (QED) is 0.604. The fourth-order valence-electron chi connectivity index (χ4n) is 3.01. The monoisotopic (exact) mass is 286 g/mol. The maximum absolute atomic E-state index is 4.41. The molecule has 0 aliphatic heterocycles. The van der Waals surface area contributed by atoms with Crippen LogP contribution in [0.25, 0.3) is 21.9 Å². The van der Waals surface area contributed by atoms with Crippen LogP contribution in [-0.4, -0.2) is 15.0 Å². The minimum absolute atomic E-state index is 0.269. The Hall–Kier alpha value is -2.68. The summed E-state index contributed by atoms with van der Waals surface area (Å²) in [7, 11) is 0. The highest BCUT2D eigenvalue weighted by molar-refractivity contribution is 5.80. The molecule has 107 valence electrons. The number of nitrogens with one attached hydrogen (secondary N) is 1. The summed E-state index contributed by atoms with van der Waals surface area (Å²) in [5, 5.41) is 1.23. The summed E-state index contributed by atoms with van der Waals surface area (Å²) in [6.45, 7) is 4.14. The van der Waals surface area contributed by atoms with Gasteiger partial charge in [0.25, 0.3) is 0 Å². The summed E-state index contributed by atoms with van der Waals surface area (Å²) < 4.78 is 0. The van der Waals surface area contributed by atoms with E-state index in [2.05, 4.69) is 58.3 Å². The molecule has 22 heavy (non-hydrogen) atoms.